The molecule has 0 aromatic heterocycles. The van der Waals surface area contributed by atoms with Gasteiger partial charge in [-0.2, -0.15) is 0 Å². The maximum atomic E-state index is 11.7. The summed E-state index contributed by atoms with van der Waals surface area (Å²) in [6, 6.07) is 8.04. The van der Waals surface area contributed by atoms with Crippen LogP contribution in [-0.2, 0) is 4.79 Å². The minimum atomic E-state index is -0.640. The number of ether oxygens (including phenoxy) is 1. The number of hydrogen-bond acceptors (Lipinski definition) is 2. The molecule has 19 heavy (non-hydrogen) atoms. The highest BCUT2D eigenvalue weighted by Gasteiger charge is 2.48. The second kappa shape index (κ2) is 4.55. The smallest absolute Gasteiger partial charge is 0.309 e. The summed E-state index contributed by atoms with van der Waals surface area (Å²) in [5.74, 6) is 0.966. The van der Waals surface area contributed by atoms with Gasteiger partial charge in [0.15, 0.2) is 0 Å². The molecule has 1 aromatic rings. The van der Waals surface area contributed by atoms with E-state index in [0.29, 0.717) is 18.4 Å². The number of benzene rings is 1. The molecule has 1 heterocycles. The molecule has 0 radical (unpaired) electrons. The lowest BCUT2D eigenvalue weighted by molar-refractivity contribution is -0.150. The van der Waals surface area contributed by atoms with Crippen LogP contribution >= 0.6 is 0 Å². The molecule has 2 atom stereocenters. The van der Waals surface area contributed by atoms with E-state index in [4.69, 9.17) is 4.74 Å². The summed E-state index contributed by atoms with van der Waals surface area (Å²) in [5, 5.41) is 9.59. The van der Waals surface area contributed by atoms with E-state index in [-0.39, 0.29) is 0 Å². The van der Waals surface area contributed by atoms with Crippen LogP contribution in [0.2, 0.25) is 0 Å². The first-order valence-corrected chi connectivity index (χ1v) is 7.06. The molecule has 1 N–H and O–H groups in total. The topological polar surface area (TPSA) is 46.5 Å². The predicted octanol–water partition coefficient (Wildman–Crippen LogP) is 3.44. The van der Waals surface area contributed by atoms with E-state index in [1.165, 1.54) is 5.56 Å². The number of carbonyl (C=O) groups is 1. The molecule has 1 fully saturated rings. The van der Waals surface area contributed by atoms with Crippen LogP contribution < -0.4 is 4.74 Å². The molecule has 0 saturated heterocycles. The van der Waals surface area contributed by atoms with Crippen LogP contribution in [0, 0.1) is 11.3 Å². The first kappa shape index (κ1) is 12.5. The molecular formula is C16H20O3. The summed E-state index contributed by atoms with van der Waals surface area (Å²) in [6.07, 6.45) is 3.78. The number of carboxylic acids is 1. The number of hydrogen-bond donors (Lipinski definition) is 1. The monoisotopic (exact) mass is 260 g/mol. The zero-order valence-corrected chi connectivity index (χ0v) is 11.3. The molecule has 3 heteroatoms. The average molecular weight is 260 g/mol. The summed E-state index contributed by atoms with van der Waals surface area (Å²) in [6.45, 7) is 2.62. The highest BCUT2D eigenvalue weighted by atomic mass is 16.5. The molecule has 1 saturated carbocycles. The summed E-state index contributed by atoms with van der Waals surface area (Å²) in [7, 11) is 0. The molecular weight excluding hydrogens is 240 g/mol. The van der Waals surface area contributed by atoms with Gasteiger partial charge in [-0.25, -0.2) is 0 Å². The van der Waals surface area contributed by atoms with Gasteiger partial charge in [0.25, 0.3) is 0 Å². The Morgan fingerprint density at radius 1 is 1.37 bits per heavy atom. The maximum Gasteiger partial charge on any atom is 0.309 e. The largest absolute Gasteiger partial charge is 0.493 e. The van der Waals surface area contributed by atoms with Crippen LogP contribution in [0.1, 0.15) is 44.1 Å². The van der Waals surface area contributed by atoms with Gasteiger partial charge in [0, 0.05) is 0 Å². The number of fused-ring (bicyclic) bond motifs is 1. The third-order valence-electron chi connectivity index (χ3n) is 4.72. The normalized spacial score (nSPS) is 25.0. The minimum absolute atomic E-state index is 0.312. The van der Waals surface area contributed by atoms with Gasteiger partial charge in [0.1, 0.15) is 5.75 Å². The Balaban J connectivity index is 1.86. The van der Waals surface area contributed by atoms with E-state index < -0.39 is 11.4 Å². The van der Waals surface area contributed by atoms with E-state index in [2.05, 4.69) is 6.07 Å². The van der Waals surface area contributed by atoms with Gasteiger partial charge in [-0.15, -0.1) is 0 Å². The SMILES string of the molecule is CC(CC1CCOc2ccccc21)(C(=O)O)C1CC1. The van der Waals surface area contributed by atoms with Gasteiger partial charge < -0.3 is 9.84 Å². The second-order valence-electron chi connectivity index (χ2n) is 6.07. The van der Waals surface area contributed by atoms with Crippen LogP contribution in [0.5, 0.6) is 5.75 Å². The van der Waals surface area contributed by atoms with Crippen molar-refractivity contribution in [3.63, 3.8) is 0 Å². The molecule has 2 aliphatic rings. The first-order chi connectivity index (χ1) is 9.11. The van der Waals surface area contributed by atoms with Crippen LogP contribution in [0.3, 0.4) is 0 Å². The van der Waals surface area contributed by atoms with Gasteiger partial charge in [0.2, 0.25) is 0 Å². The van der Waals surface area contributed by atoms with Crippen LogP contribution in [0.25, 0.3) is 0 Å². The Labute approximate surface area is 113 Å². The zero-order chi connectivity index (χ0) is 13.5. The van der Waals surface area contributed by atoms with Crippen molar-refractivity contribution in [1.29, 1.82) is 0 Å². The first-order valence-electron chi connectivity index (χ1n) is 7.06. The lowest BCUT2D eigenvalue weighted by Gasteiger charge is -2.33. The summed E-state index contributed by atoms with van der Waals surface area (Å²) >= 11 is 0. The third-order valence-corrected chi connectivity index (χ3v) is 4.72. The minimum Gasteiger partial charge on any atom is -0.493 e. The lowest BCUT2D eigenvalue weighted by atomic mass is 9.73. The van der Waals surface area contributed by atoms with Crippen molar-refractivity contribution in [3.05, 3.63) is 29.8 Å². The Bertz CT molecular complexity index is 493. The standard InChI is InChI=1S/C16H20O3/c1-16(15(17)18,12-6-7-12)10-11-8-9-19-14-5-3-2-4-13(11)14/h2-5,11-12H,6-10H2,1H3,(H,17,18). The lowest BCUT2D eigenvalue weighted by Crippen LogP contribution is -2.33. The van der Waals surface area contributed by atoms with Crippen LogP contribution in [0.15, 0.2) is 24.3 Å². The van der Waals surface area contributed by atoms with E-state index in [9.17, 15) is 9.90 Å². The molecule has 0 amide bonds. The fraction of sp³-hybridized carbons (Fsp3) is 0.562. The number of aliphatic carboxylic acids is 1. The highest BCUT2D eigenvalue weighted by molar-refractivity contribution is 5.75. The summed E-state index contributed by atoms with van der Waals surface area (Å²) in [4.78, 5) is 11.7. The van der Waals surface area contributed by atoms with E-state index in [1.807, 2.05) is 25.1 Å². The molecule has 3 nitrogen and oxygen atoms in total. The molecule has 2 unspecified atom stereocenters. The van der Waals surface area contributed by atoms with Gasteiger partial charge in [0.05, 0.1) is 12.0 Å². The van der Waals surface area contributed by atoms with Gasteiger partial charge in [-0.1, -0.05) is 18.2 Å². The Morgan fingerprint density at radius 2 is 2.11 bits per heavy atom. The Morgan fingerprint density at radius 3 is 2.79 bits per heavy atom. The predicted molar refractivity (Wildman–Crippen MR) is 72.4 cm³/mol. The summed E-state index contributed by atoms with van der Waals surface area (Å²) in [5.41, 5.74) is 0.608. The number of rotatable bonds is 4. The Hall–Kier alpha value is -1.51. The fourth-order valence-electron chi connectivity index (χ4n) is 3.29. The number of carboxylic acid groups (broad SMARTS) is 1. The molecule has 0 spiro atoms. The molecule has 0 bridgehead atoms. The van der Waals surface area contributed by atoms with Crippen molar-refractivity contribution in [2.24, 2.45) is 11.3 Å². The second-order valence-corrected chi connectivity index (χ2v) is 6.07. The van der Waals surface area contributed by atoms with E-state index in [1.54, 1.807) is 0 Å². The number of para-hydroxylation sites is 1. The van der Waals surface area contributed by atoms with Gasteiger partial charge in [-0.05, 0) is 56.1 Å². The van der Waals surface area contributed by atoms with Crippen molar-refractivity contribution < 1.29 is 14.6 Å². The molecule has 1 aliphatic carbocycles. The zero-order valence-electron chi connectivity index (χ0n) is 11.3. The van der Waals surface area contributed by atoms with Gasteiger partial charge >= 0.3 is 5.97 Å². The van der Waals surface area contributed by atoms with E-state index in [0.717, 1.165) is 31.4 Å². The molecule has 3 rings (SSSR count). The molecule has 102 valence electrons. The van der Waals surface area contributed by atoms with Crippen molar-refractivity contribution in [1.82, 2.24) is 0 Å². The molecule has 1 aromatic carbocycles. The molecule has 1 aliphatic heterocycles. The van der Waals surface area contributed by atoms with Crippen molar-refractivity contribution >= 4 is 5.97 Å². The maximum absolute atomic E-state index is 11.7. The van der Waals surface area contributed by atoms with E-state index >= 15 is 0 Å². The average Bonchev–Trinajstić information content (AvgIpc) is 3.23. The Kier molecular flexibility index (Phi) is 3.00. The van der Waals surface area contributed by atoms with Crippen LogP contribution in [-0.4, -0.2) is 17.7 Å². The van der Waals surface area contributed by atoms with Crippen molar-refractivity contribution in [3.8, 4) is 5.75 Å². The summed E-state index contributed by atoms with van der Waals surface area (Å²) < 4.78 is 5.66. The van der Waals surface area contributed by atoms with Crippen molar-refractivity contribution in [2.45, 2.75) is 38.5 Å². The highest BCUT2D eigenvalue weighted by Crippen LogP contribution is 2.52. The quantitative estimate of drug-likeness (QED) is 0.902. The van der Waals surface area contributed by atoms with Crippen molar-refractivity contribution in [2.75, 3.05) is 6.61 Å². The third kappa shape index (κ3) is 2.22. The van der Waals surface area contributed by atoms with Crippen LogP contribution in [0.4, 0.5) is 0 Å². The van der Waals surface area contributed by atoms with Gasteiger partial charge in [-0.3, -0.25) is 4.79 Å². The fourth-order valence-corrected chi connectivity index (χ4v) is 3.29.